The number of hydrogen-bond donors (Lipinski definition) is 2. The van der Waals surface area contributed by atoms with Crippen molar-refractivity contribution in [3.8, 4) is 22.6 Å². The number of aromatic amines is 1. The van der Waals surface area contributed by atoms with Crippen molar-refractivity contribution in [1.82, 2.24) is 15.0 Å². The van der Waals surface area contributed by atoms with E-state index in [2.05, 4.69) is 20.3 Å². The Kier molecular flexibility index (Phi) is 4.89. The first-order chi connectivity index (χ1) is 13.9. The monoisotopic (exact) mass is 414 g/mol. The van der Waals surface area contributed by atoms with Crippen LogP contribution in [0, 0.1) is 0 Å². The standard InChI is InChI=1S/C20H13F3N4OS/c21-20(22,23)14-3-1-2-13(8-14)18-24-9-16(27-18)12-4-6-15(7-5-12)26-19(28)17-10-29-11-25-17/h1-11H,(H,24,27)(H,26,28). The molecule has 5 nitrogen and oxygen atoms in total. The number of imidazole rings is 1. The van der Waals surface area contributed by atoms with Gasteiger partial charge in [-0.15, -0.1) is 11.3 Å². The van der Waals surface area contributed by atoms with E-state index in [0.717, 1.165) is 17.7 Å². The summed E-state index contributed by atoms with van der Waals surface area (Å²) in [6.45, 7) is 0. The number of hydrogen-bond acceptors (Lipinski definition) is 4. The smallest absolute Gasteiger partial charge is 0.338 e. The zero-order valence-corrected chi connectivity index (χ0v) is 15.5. The summed E-state index contributed by atoms with van der Waals surface area (Å²) >= 11 is 1.34. The largest absolute Gasteiger partial charge is 0.416 e. The number of anilines is 1. The van der Waals surface area contributed by atoms with Gasteiger partial charge in [0.05, 0.1) is 23.0 Å². The molecule has 0 saturated heterocycles. The number of thiazole rings is 1. The highest BCUT2D eigenvalue weighted by Crippen LogP contribution is 2.32. The maximum atomic E-state index is 12.9. The van der Waals surface area contributed by atoms with Gasteiger partial charge in [-0.1, -0.05) is 24.3 Å². The molecule has 2 N–H and O–H groups in total. The van der Waals surface area contributed by atoms with Crippen LogP contribution in [-0.4, -0.2) is 20.9 Å². The van der Waals surface area contributed by atoms with E-state index in [-0.39, 0.29) is 5.91 Å². The number of alkyl halides is 3. The molecule has 2 aromatic carbocycles. The number of halogens is 3. The van der Waals surface area contributed by atoms with Crippen molar-refractivity contribution in [3.63, 3.8) is 0 Å². The van der Waals surface area contributed by atoms with Gasteiger partial charge in [-0.2, -0.15) is 13.2 Å². The molecule has 146 valence electrons. The lowest BCUT2D eigenvalue weighted by Crippen LogP contribution is -2.11. The van der Waals surface area contributed by atoms with Gasteiger partial charge in [0.15, 0.2) is 0 Å². The first-order valence-electron chi connectivity index (χ1n) is 8.43. The highest BCUT2D eigenvalue weighted by molar-refractivity contribution is 7.07. The summed E-state index contributed by atoms with van der Waals surface area (Å²) in [5.41, 5.74) is 3.57. The van der Waals surface area contributed by atoms with Gasteiger partial charge in [-0.3, -0.25) is 4.79 Å². The Labute approximate surface area is 167 Å². The van der Waals surface area contributed by atoms with Gasteiger partial charge in [0, 0.05) is 16.6 Å². The van der Waals surface area contributed by atoms with Crippen LogP contribution >= 0.6 is 11.3 Å². The lowest BCUT2D eigenvalue weighted by Gasteiger charge is -2.07. The summed E-state index contributed by atoms with van der Waals surface area (Å²) in [4.78, 5) is 23.2. The average molecular weight is 414 g/mol. The van der Waals surface area contributed by atoms with Crippen molar-refractivity contribution in [3.05, 3.63) is 76.9 Å². The predicted octanol–water partition coefficient (Wildman–Crippen LogP) is 5.47. The van der Waals surface area contributed by atoms with Gasteiger partial charge in [0.1, 0.15) is 11.5 Å². The number of aromatic nitrogens is 3. The van der Waals surface area contributed by atoms with Crippen LogP contribution in [0.5, 0.6) is 0 Å². The molecule has 29 heavy (non-hydrogen) atoms. The number of H-pyrrole nitrogens is 1. The number of carbonyl (C=O) groups excluding carboxylic acids is 1. The molecule has 2 aromatic heterocycles. The van der Waals surface area contributed by atoms with Crippen LogP contribution in [0.2, 0.25) is 0 Å². The Morgan fingerprint density at radius 2 is 1.83 bits per heavy atom. The third kappa shape index (κ3) is 4.19. The van der Waals surface area contributed by atoms with Gasteiger partial charge in [0.25, 0.3) is 5.91 Å². The molecule has 0 bridgehead atoms. The Bertz CT molecular complexity index is 1140. The van der Waals surface area contributed by atoms with Crippen LogP contribution in [0.15, 0.2) is 65.6 Å². The van der Waals surface area contributed by atoms with E-state index >= 15 is 0 Å². The number of nitrogens with one attached hydrogen (secondary N) is 2. The lowest BCUT2D eigenvalue weighted by molar-refractivity contribution is -0.137. The molecule has 2 heterocycles. The Hall–Kier alpha value is -3.46. The van der Waals surface area contributed by atoms with Gasteiger partial charge in [-0.05, 0) is 29.8 Å². The molecule has 0 saturated carbocycles. The minimum Gasteiger partial charge on any atom is -0.338 e. The molecule has 0 fully saturated rings. The van der Waals surface area contributed by atoms with Crippen LogP contribution in [0.25, 0.3) is 22.6 Å². The lowest BCUT2D eigenvalue weighted by atomic mass is 10.1. The minimum atomic E-state index is -4.41. The van der Waals surface area contributed by atoms with Crippen molar-refractivity contribution in [1.29, 1.82) is 0 Å². The molecule has 0 unspecified atom stereocenters. The third-order valence-electron chi connectivity index (χ3n) is 4.16. The van der Waals surface area contributed by atoms with Crippen molar-refractivity contribution in [2.24, 2.45) is 0 Å². The maximum absolute atomic E-state index is 12.9. The fraction of sp³-hybridized carbons (Fsp3) is 0.0500. The summed E-state index contributed by atoms with van der Waals surface area (Å²) < 4.78 is 38.7. The number of nitrogens with zero attached hydrogens (tertiary/aromatic N) is 2. The van der Waals surface area contributed by atoms with Crippen LogP contribution < -0.4 is 5.32 Å². The first-order valence-corrected chi connectivity index (χ1v) is 9.37. The molecule has 0 atom stereocenters. The zero-order valence-electron chi connectivity index (χ0n) is 14.7. The highest BCUT2D eigenvalue weighted by Gasteiger charge is 2.30. The molecule has 0 spiro atoms. The van der Waals surface area contributed by atoms with Gasteiger partial charge in [-0.25, -0.2) is 9.97 Å². The molecule has 0 radical (unpaired) electrons. The Balaban J connectivity index is 1.52. The fourth-order valence-electron chi connectivity index (χ4n) is 2.71. The second kappa shape index (κ2) is 7.51. The maximum Gasteiger partial charge on any atom is 0.416 e. The predicted molar refractivity (Wildman–Crippen MR) is 105 cm³/mol. The van der Waals surface area contributed by atoms with Gasteiger partial charge >= 0.3 is 6.18 Å². The summed E-state index contributed by atoms with van der Waals surface area (Å²) in [7, 11) is 0. The van der Waals surface area contributed by atoms with Crippen molar-refractivity contribution >= 4 is 22.9 Å². The zero-order chi connectivity index (χ0) is 20.4. The summed E-state index contributed by atoms with van der Waals surface area (Å²) in [6.07, 6.45) is -2.86. The molecular formula is C20H13F3N4OS. The van der Waals surface area contributed by atoms with Gasteiger partial charge in [0.2, 0.25) is 0 Å². The number of rotatable bonds is 4. The van der Waals surface area contributed by atoms with E-state index in [1.54, 1.807) is 47.4 Å². The van der Waals surface area contributed by atoms with Crippen LogP contribution in [0.3, 0.4) is 0 Å². The molecule has 9 heteroatoms. The number of amides is 1. The normalized spacial score (nSPS) is 11.4. The van der Waals surface area contributed by atoms with E-state index in [9.17, 15) is 18.0 Å². The Morgan fingerprint density at radius 1 is 1.03 bits per heavy atom. The van der Waals surface area contributed by atoms with Crippen molar-refractivity contribution in [2.45, 2.75) is 6.18 Å². The summed E-state index contributed by atoms with van der Waals surface area (Å²) in [5.74, 6) is 0.0411. The van der Waals surface area contributed by atoms with Crippen LogP contribution in [-0.2, 0) is 6.18 Å². The van der Waals surface area contributed by atoms with E-state index in [1.165, 1.54) is 17.4 Å². The molecule has 0 aliphatic heterocycles. The molecule has 0 aliphatic carbocycles. The van der Waals surface area contributed by atoms with Gasteiger partial charge < -0.3 is 10.3 Å². The molecule has 4 rings (SSSR count). The first kappa shape index (κ1) is 18.9. The van der Waals surface area contributed by atoms with Crippen molar-refractivity contribution in [2.75, 3.05) is 5.32 Å². The van der Waals surface area contributed by atoms with E-state index in [0.29, 0.717) is 28.5 Å². The second-order valence-electron chi connectivity index (χ2n) is 6.13. The van der Waals surface area contributed by atoms with Crippen molar-refractivity contribution < 1.29 is 18.0 Å². The minimum absolute atomic E-state index is 0.299. The van der Waals surface area contributed by atoms with E-state index in [1.807, 2.05) is 0 Å². The third-order valence-corrected chi connectivity index (χ3v) is 4.74. The van der Waals surface area contributed by atoms with Crippen LogP contribution in [0.1, 0.15) is 16.1 Å². The molecule has 4 aromatic rings. The topological polar surface area (TPSA) is 70.7 Å². The average Bonchev–Trinajstić information content (AvgIpc) is 3.40. The van der Waals surface area contributed by atoms with E-state index in [4.69, 9.17) is 0 Å². The quantitative estimate of drug-likeness (QED) is 0.465. The number of carbonyl (C=O) groups is 1. The molecular weight excluding hydrogens is 401 g/mol. The van der Waals surface area contributed by atoms with E-state index < -0.39 is 11.7 Å². The highest BCUT2D eigenvalue weighted by atomic mass is 32.1. The fourth-order valence-corrected chi connectivity index (χ4v) is 3.24. The SMILES string of the molecule is O=C(Nc1ccc(-c2cnc(-c3cccc(C(F)(F)F)c3)[nH]2)cc1)c1cscn1. The number of benzene rings is 2. The molecule has 0 aliphatic rings. The summed E-state index contributed by atoms with van der Waals surface area (Å²) in [5, 5.41) is 4.40. The second-order valence-corrected chi connectivity index (χ2v) is 6.85. The van der Waals surface area contributed by atoms with Crippen LogP contribution in [0.4, 0.5) is 18.9 Å². The molecule has 1 amide bonds. The summed E-state index contributed by atoms with van der Waals surface area (Å²) in [6, 6.07) is 12.0. The Morgan fingerprint density at radius 3 is 2.52 bits per heavy atom.